The van der Waals surface area contributed by atoms with Gasteiger partial charge in [-0.25, -0.2) is 0 Å². The van der Waals surface area contributed by atoms with Crippen molar-refractivity contribution in [3.63, 3.8) is 0 Å². The van der Waals surface area contributed by atoms with Gasteiger partial charge in [-0.1, -0.05) is 18.2 Å². The summed E-state index contributed by atoms with van der Waals surface area (Å²) in [7, 11) is 0. The Hall–Kier alpha value is -2.41. The third-order valence-corrected chi connectivity index (χ3v) is 5.20. The van der Waals surface area contributed by atoms with Crippen LogP contribution in [0.4, 0.5) is 5.95 Å². The molecule has 1 atom stereocenters. The topological polar surface area (TPSA) is 91.5 Å². The number of aliphatic carboxylic acids is 1. The molecule has 0 radical (unpaired) electrons. The van der Waals surface area contributed by atoms with E-state index < -0.39 is 12.0 Å². The molecule has 4 rings (SSSR count). The molecule has 1 aromatic carbocycles. The Morgan fingerprint density at radius 3 is 2.71 bits per heavy atom. The van der Waals surface area contributed by atoms with E-state index in [0.29, 0.717) is 18.3 Å². The van der Waals surface area contributed by atoms with Gasteiger partial charge >= 0.3 is 5.97 Å². The smallest absolute Gasteiger partial charge is 0.320 e. The number of nitrogens with zero attached hydrogens (tertiary/aromatic N) is 3. The first-order valence-electron chi connectivity index (χ1n) is 8.26. The monoisotopic (exact) mass is 328 g/mol. The average Bonchev–Trinajstić information content (AvgIpc) is 3.25. The summed E-state index contributed by atoms with van der Waals surface area (Å²) in [5, 5.41) is 16.4. The summed E-state index contributed by atoms with van der Waals surface area (Å²) in [5.41, 5.74) is 1.000. The van der Waals surface area contributed by atoms with Crippen LogP contribution in [0.25, 0.3) is 11.5 Å². The van der Waals surface area contributed by atoms with Crippen molar-refractivity contribution >= 4 is 11.9 Å². The number of rotatable bonds is 3. The molecule has 2 N–H and O–H groups in total. The second-order valence-electron chi connectivity index (χ2n) is 6.73. The summed E-state index contributed by atoms with van der Waals surface area (Å²) in [6, 6.07) is 9.31. The number of aromatic nitrogens is 2. The second kappa shape index (κ2) is 5.90. The molecule has 7 nitrogen and oxygen atoms in total. The van der Waals surface area contributed by atoms with Crippen molar-refractivity contribution in [3.8, 4) is 11.5 Å². The first kappa shape index (κ1) is 15.1. The van der Waals surface area contributed by atoms with E-state index in [2.05, 4.69) is 20.4 Å². The molecule has 2 fully saturated rings. The third-order valence-electron chi connectivity index (χ3n) is 5.20. The minimum atomic E-state index is -0.750. The lowest BCUT2D eigenvalue weighted by molar-refractivity contribution is -0.139. The molecule has 0 saturated carbocycles. The summed E-state index contributed by atoms with van der Waals surface area (Å²) in [4.78, 5) is 17.8. The maximum Gasteiger partial charge on any atom is 0.320 e. The number of carboxylic acid groups (broad SMARTS) is 1. The number of anilines is 1. The van der Waals surface area contributed by atoms with E-state index in [0.717, 1.165) is 38.0 Å². The quantitative estimate of drug-likeness (QED) is 0.887. The van der Waals surface area contributed by atoms with Crippen LogP contribution >= 0.6 is 0 Å². The van der Waals surface area contributed by atoms with Gasteiger partial charge in [-0.05, 0) is 42.0 Å². The first-order valence-corrected chi connectivity index (χ1v) is 8.26. The highest BCUT2D eigenvalue weighted by atomic mass is 16.5. The van der Waals surface area contributed by atoms with Crippen LogP contribution in [0.2, 0.25) is 0 Å². The fourth-order valence-electron chi connectivity index (χ4n) is 3.70. The van der Waals surface area contributed by atoms with E-state index in [-0.39, 0.29) is 5.41 Å². The van der Waals surface area contributed by atoms with E-state index in [4.69, 9.17) is 9.63 Å². The van der Waals surface area contributed by atoms with Gasteiger partial charge in [0.2, 0.25) is 0 Å². The highest BCUT2D eigenvalue weighted by Crippen LogP contribution is 2.40. The standard InChI is InChI=1S/C17H20N4O3/c22-15(23)13-10-17(11-18-13)6-8-21(9-7-17)16-19-14(24-20-16)12-4-2-1-3-5-12/h1-5,13,18H,6-11H2,(H,22,23). The number of benzene rings is 1. The van der Waals surface area contributed by atoms with Crippen molar-refractivity contribution in [2.75, 3.05) is 24.5 Å². The Bertz CT molecular complexity index is 722. The van der Waals surface area contributed by atoms with Gasteiger partial charge in [0.25, 0.3) is 11.8 Å². The van der Waals surface area contributed by atoms with Crippen LogP contribution in [0, 0.1) is 5.41 Å². The zero-order valence-electron chi connectivity index (χ0n) is 13.3. The van der Waals surface area contributed by atoms with Gasteiger partial charge in [0.15, 0.2) is 0 Å². The van der Waals surface area contributed by atoms with Gasteiger partial charge in [-0.2, -0.15) is 4.98 Å². The lowest BCUT2D eigenvalue weighted by Gasteiger charge is -2.38. The molecule has 2 aliphatic heterocycles. The number of carbonyl (C=O) groups is 1. The Morgan fingerprint density at radius 1 is 1.29 bits per heavy atom. The average molecular weight is 328 g/mol. The Balaban J connectivity index is 1.42. The van der Waals surface area contributed by atoms with Crippen molar-refractivity contribution in [2.45, 2.75) is 25.3 Å². The maximum atomic E-state index is 11.1. The Labute approximate surface area is 139 Å². The number of nitrogens with one attached hydrogen (secondary N) is 1. The minimum Gasteiger partial charge on any atom is -0.480 e. The maximum absolute atomic E-state index is 11.1. The molecule has 2 saturated heterocycles. The first-order chi connectivity index (χ1) is 11.7. The van der Waals surface area contributed by atoms with Crippen LogP contribution in [0.1, 0.15) is 19.3 Å². The fraction of sp³-hybridized carbons (Fsp3) is 0.471. The Morgan fingerprint density at radius 2 is 2.04 bits per heavy atom. The molecule has 1 aromatic heterocycles. The fourth-order valence-corrected chi connectivity index (χ4v) is 3.70. The highest BCUT2D eigenvalue weighted by Gasteiger charge is 2.44. The number of hydrogen-bond donors (Lipinski definition) is 2. The molecule has 2 aromatic rings. The van der Waals surface area contributed by atoms with Crippen LogP contribution in [0.5, 0.6) is 0 Å². The normalized spacial score (nSPS) is 22.8. The highest BCUT2D eigenvalue weighted by molar-refractivity contribution is 5.74. The lowest BCUT2D eigenvalue weighted by atomic mass is 9.76. The summed E-state index contributed by atoms with van der Waals surface area (Å²) < 4.78 is 5.38. The predicted octanol–water partition coefficient (Wildman–Crippen LogP) is 1.77. The van der Waals surface area contributed by atoms with Crippen LogP contribution in [0.3, 0.4) is 0 Å². The largest absolute Gasteiger partial charge is 0.480 e. The third kappa shape index (κ3) is 2.75. The number of hydrogen-bond acceptors (Lipinski definition) is 6. The molecule has 7 heteroatoms. The molecule has 0 aliphatic carbocycles. The van der Waals surface area contributed by atoms with E-state index >= 15 is 0 Å². The van der Waals surface area contributed by atoms with Crippen molar-refractivity contribution in [3.05, 3.63) is 30.3 Å². The van der Waals surface area contributed by atoms with Crippen LogP contribution in [-0.2, 0) is 4.79 Å². The molecule has 126 valence electrons. The van der Waals surface area contributed by atoms with E-state index in [1.54, 1.807) is 0 Å². The number of carboxylic acids is 1. The molecular weight excluding hydrogens is 308 g/mol. The van der Waals surface area contributed by atoms with E-state index in [9.17, 15) is 4.79 Å². The predicted molar refractivity (Wildman–Crippen MR) is 87.7 cm³/mol. The van der Waals surface area contributed by atoms with Gasteiger partial charge in [-0.3, -0.25) is 4.79 Å². The van der Waals surface area contributed by atoms with Crippen LogP contribution in [-0.4, -0.2) is 46.9 Å². The molecule has 1 spiro atoms. The summed E-state index contributed by atoms with van der Waals surface area (Å²) >= 11 is 0. The van der Waals surface area contributed by atoms with E-state index in [1.807, 2.05) is 30.3 Å². The molecule has 24 heavy (non-hydrogen) atoms. The van der Waals surface area contributed by atoms with Gasteiger partial charge < -0.3 is 19.8 Å². The molecule has 3 heterocycles. The molecular formula is C17H20N4O3. The lowest BCUT2D eigenvalue weighted by Crippen LogP contribution is -2.41. The van der Waals surface area contributed by atoms with E-state index in [1.165, 1.54) is 0 Å². The zero-order chi connectivity index (χ0) is 16.6. The molecule has 0 amide bonds. The van der Waals surface area contributed by atoms with Gasteiger partial charge in [0, 0.05) is 25.2 Å². The molecule has 0 bridgehead atoms. The van der Waals surface area contributed by atoms with Crippen LogP contribution in [0.15, 0.2) is 34.9 Å². The van der Waals surface area contributed by atoms with Gasteiger partial charge in [0.05, 0.1) is 0 Å². The van der Waals surface area contributed by atoms with Gasteiger partial charge in [-0.15, -0.1) is 0 Å². The summed E-state index contributed by atoms with van der Waals surface area (Å²) in [6.07, 6.45) is 2.59. The van der Waals surface area contributed by atoms with Crippen molar-refractivity contribution in [1.29, 1.82) is 0 Å². The SMILES string of the molecule is O=C(O)C1CC2(CCN(c3noc(-c4ccccc4)n3)CC2)CN1. The Kier molecular flexibility index (Phi) is 3.72. The minimum absolute atomic E-state index is 0.0888. The zero-order valence-corrected chi connectivity index (χ0v) is 13.3. The van der Waals surface area contributed by atoms with Crippen molar-refractivity contribution in [2.24, 2.45) is 5.41 Å². The molecule has 2 aliphatic rings. The summed E-state index contributed by atoms with van der Waals surface area (Å²) in [6.45, 7) is 2.42. The van der Waals surface area contributed by atoms with Crippen molar-refractivity contribution in [1.82, 2.24) is 15.5 Å². The summed E-state index contributed by atoms with van der Waals surface area (Å²) in [5.74, 6) is 0.392. The number of piperidine rings is 1. The second-order valence-corrected chi connectivity index (χ2v) is 6.73. The van der Waals surface area contributed by atoms with Crippen LogP contribution < -0.4 is 10.2 Å². The van der Waals surface area contributed by atoms with Gasteiger partial charge in [0.1, 0.15) is 6.04 Å². The molecule has 1 unspecified atom stereocenters. The van der Waals surface area contributed by atoms with Crippen molar-refractivity contribution < 1.29 is 14.4 Å².